The van der Waals surface area contributed by atoms with E-state index in [9.17, 15) is 8.42 Å². The van der Waals surface area contributed by atoms with E-state index in [0.717, 1.165) is 5.56 Å². The average molecular weight is 563 g/mol. The van der Waals surface area contributed by atoms with Crippen LogP contribution in [-0.4, -0.2) is 70.4 Å². The van der Waals surface area contributed by atoms with Gasteiger partial charge in [0.2, 0.25) is 15.8 Å². The molecule has 11 heteroatoms. The van der Waals surface area contributed by atoms with Crippen LogP contribution in [0.1, 0.15) is 0 Å². The van der Waals surface area contributed by atoms with E-state index in [1.54, 1.807) is 45.6 Å². The predicted molar refractivity (Wildman–Crippen MR) is 151 cm³/mol. The predicted octanol–water partition coefficient (Wildman–Crippen LogP) is 4.47. The largest absolute Gasteiger partial charge is 0.493 e. The molecule has 10 nitrogen and oxygen atoms in total. The molecule has 0 aliphatic carbocycles. The molecule has 208 valence electrons. The third-order valence-corrected chi connectivity index (χ3v) is 8.53. The normalized spacial score (nSPS) is 14.0. The lowest BCUT2D eigenvalue weighted by Gasteiger charge is -2.34. The molecule has 0 saturated carbocycles. The van der Waals surface area contributed by atoms with Crippen LogP contribution in [0.25, 0.3) is 11.3 Å². The van der Waals surface area contributed by atoms with E-state index in [0.29, 0.717) is 66.4 Å². The molecule has 0 N–H and O–H groups in total. The van der Waals surface area contributed by atoms with E-state index >= 15 is 0 Å². The minimum absolute atomic E-state index is 0.232. The fourth-order valence-corrected chi connectivity index (χ4v) is 5.91. The summed E-state index contributed by atoms with van der Waals surface area (Å²) in [7, 11) is 1.04. The van der Waals surface area contributed by atoms with Crippen LogP contribution in [-0.2, 0) is 10.0 Å². The standard InChI is InChI=1S/C29H30N4O6S/c1-36-26-19-21(20-27(37-2)29(26)38-3)25-13-14-28(31-30-25)32-15-17-33(18-16-32)40(34,35)24-11-9-23(10-12-24)39-22-7-5-4-6-8-22/h4-14,19-20H,15-18H2,1-3H3. The number of benzene rings is 3. The molecule has 0 bridgehead atoms. The van der Waals surface area contributed by atoms with Gasteiger partial charge in [-0.05, 0) is 60.7 Å². The van der Waals surface area contributed by atoms with Gasteiger partial charge in [0.25, 0.3) is 0 Å². The summed E-state index contributed by atoms with van der Waals surface area (Å²) >= 11 is 0. The van der Waals surface area contributed by atoms with Gasteiger partial charge < -0.3 is 23.8 Å². The SMILES string of the molecule is COc1cc(-c2ccc(N3CCN(S(=O)(=O)c4ccc(Oc5ccccc5)cc4)CC3)nn2)cc(OC)c1OC. The first-order valence-electron chi connectivity index (χ1n) is 12.6. The highest BCUT2D eigenvalue weighted by atomic mass is 32.2. The molecular weight excluding hydrogens is 532 g/mol. The second-order valence-electron chi connectivity index (χ2n) is 8.97. The summed E-state index contributed by atoms with van der Waals surface area (Å²) in [6.45, 7) is 1.65. The zero-order valence-electron chi connectivity index (χ0n) is 22.5. The van der Waals surface area contributed by atoms with Crippen LogP contribution in [0, 0.1) is 0 Å². The van der Waals surface area contributed by atoms with Gasteiger partial charge in [0.05, 0.1) is 31.9 Å². The number of piperazine rings is 1. The third-order valence-electron chi connectivity index (χ3n) is 6.61. The molecule has 1 aromatic heterocycles. The van der Waals surface area contributed by atoms with E-state index in [-0.39, 0.29) is 4.90 Å². The number of ether oxygens (including phenoxy) is 4. The summed E-state index contributed by atoms with van der Waals surface area (Å²) < 4.78 is 50.1. The third kappa shape index (κ3) is 5.65. The Kier molecular flexibility index (Phi) is 8.04. The lowest BCUT2D eigenvalue weighted by molar-refractivity contribution is 0.324. The Labute approximate surface area is 233 Å². The summed E-state index contributed by atoms with van der Waals surface area (Å²) in [5, 5.41) is 8.80. The average Bonchev–Trinajstić information content (AvgIpc) is 3.01. The smallest absolute Gasteiger partial charge is 0.243 e. The summed E-state index contributed by atoms with van der Waals surface area (Å²) in [5.74, 6) is 3.49. The summed E-state index contributed by atoms with van der Waals surface area (Å²) in [4.78, 5) is 2.25. The molecule has 4 aromatic rings. The van der Waals surface area contributed by atoms with Gasteiger partial charge in [0.15, 0.2) is 17.3 Å². The molecule has 0 spiro atoms. The summed E-state index contributed by atoms with van der Waals surface area (Å²) in [5.41, 5.74) is 1.41. The van der Waals surface area contributed by atoms with Gasteiger partial charge in [-0.25, -0.2) is 8.42 Å². The number of para-hydroxylation sites is 1. The van der Waals surface area contributed by atoms with Gasteiger partial charge >= 0.3 is 0 Å². The lowest BCUT2D eigenvalue weighted by Crippen LogP contribution is -2.48. The monoisotopic (exact) mass is 562 g/mol. The Bertz CT molecular complexity index is 1520. The molecule has 2 heterocycles. The summed E-state index contributed by atoms with van der Waals surface area (Å²) in [6.07, 6.45) is 0. The molecule has 0 amide bonds. The molecule has 1 fully saturated rings. The minimum atomic E-state index is -3.64. The first-order chi connectivity index (χ1) is 19.4. The van der Waals surface area contributed by atoms with Crippen LogP contribution in [0.3, 0.4) is 0 Å². The maximum atomic E-state index is 13.3. The maximum absolute atomic E-state index is 13.3. The van der Waals surface area contributed by atoms with E-state index < -0.39 is 10.0 Å². The van der Waals surface area contributed by atoms with Gasteiger partial charge in [0, 0.05) is 31.7 Å². The second kappa shape index (κ2) is 11.8. The van der Waals surface area contributed by atoms with Crippen molar-refractivity contribution < 1.29 is 27.4 Å². The van der Waals surface area contributed by atoms with Crippen LogP contribution >= 0.6 is 0 Å². The van der Waals surface area contributed by atoms with Crippen molar-refractivity contribution in [2.45, 2.75) is 4.90 Å². The van der Waals surface area contributed by atoms with Crippen LogP contribution in [0.2, 0.25) is 0 Å². The molecule has 3 aromatic carbocycles. The topological polar surface area (TPSA) is 103 Å². The van der Waals surface area contributed by atoms with Crippen LogP contribution in [0.4, 0.5) is 5.82 Å². The Balaban J connectivity index is 1.23. The highest BCUT2D eigenvalue weighted by Crippen LogP contribution is 2.40. The molecule has 0 unspecified atom stereocenters. The van der Waals surface area contributed by atoms with Crippen molar-refractivity contribution in [3.63, 3.8) is 0 Å². The maximum Gasteiger partial charge on any atom is 0.243 e. The molecule has 0 atom stereocenters. The van der Waals surface area contributed by atoms with Gasteiger partial charge in [-0.15, -0.1) is 10.2 Å². The molecule has 40 heavy (non-hydrogen) atoms. The van der Waals surface area contributed by atoms with Crippen molar-refractivity contribution in [3.05, 3.63) is 78.9 Å². The van der Waals surface area contributed by atoms with Gasteiger partial charge in [-0.1, -0.05) is 18.2 Å². The number of nitrogens with zero attached hydrogens (tertiary/aromatic N) is 4. The number of methoxy groups -OCH3 is 3. The van der Waals surface area contributed by atoms with Gasteiger partial charge in [-0.2, -0.15) is 4.31 Å². The zero-order valence-corrected chi connectivity index (χ0v) is 23.3. The highest BCUT2D eigenvalue weighted by Gasteiger charge is 2.29. The quantitative estimate of drug-likeness (QED) is 0.292. The van der Waals surface area contributed by atoms with E-state index in [1.165, 1.54) is 4.31 Å². The second-order valence-corrected chi connectivity index (χ2v) is 10.9. The fraction of sp³-hybridized carbons (Fsp3) is 0.241. The number of rotatable bonds is 9. The summed E-state index contributed by atoms with van der Waals surface area (Å²) in [6, 6.07) is 23.2. The number of sulfonamides is 1. The van der Waals surface area contributed by atoms with Crippen molar-refractivity contribution in [1.29, 1.82) is 0 Å². The Morgan fingerprint density at radius 2 is 1.32 bits per heavy atom. The number of hydrogen-bond donors (Lipinski definition) is 0. The minimum Gasteiger partial charge on any atom is -0.493 e. The fourth-order valence-electron chi connectivity index (χ4n) is 4.49. The highest BCUT2D eigenvalue weighted by molar-refractivity contribution is 7.89. The van der Waals surface area contributed by atoms with Crippen LogP contribution in [0.15, 0.2) is 83.8 Å². The molecule has 1 aliphatic rings. The zero-order chi connectivity index (χ0) is 28.1. The lowest BCUT2D eigenvalue weighted by atomic mass is 10.1. The number of hydrogen-bond acceptors (Lipinski definition) is 9. The van der Waals surface area contributed by atoms with Crippen molar-refractivity contribution in [3.8, 4) is 40.0 Å². The van der Waals surface area contributed by atoms with Crippen molar-refractivity contribution in [2.24, 2.45) is 0 Å². The molecule has 5 rings (SSSR count). The number of aromatic nitrogens is 2. The van der Waals surface area contributed by atoms with E-state index in [1.807, 2.05) is 59.5 Å². The molecule has 1 aliphatic heterocycles. The Morgan fingerprint density at radius 3 is 1.88 bits per heavy atom. The molecular formula is C29H30N4O6S. The van der Waals surface area contributed by atoms with Crippen molar-refractivity contribution in [1.82, 2.24) is 14.5 Å². The van der Waals surface area contributed by atoms with E-state index in [4.69, 9.17) is 18.9 Å². The molecule has 1 saturated heterocycles. The Hall–Kier alpha value is -4.35. The van der Waals surface area contributed by atoms with Gasteiger partial charge in [-0.3, -0.25) is 0 Å². The first kappa shape index (κ1) is 27.2. The molecule has 0 radical (unpaired) electrons. The number of anilines is 1. The van der Waals surface area contributed by atoms with E-state index in [2.05, 4.69) is 10.2 Å². The van der Waals surface area contributed by atoms with Gasteiger partial charge in [0.1, 0.15) is 11.5 Å². The van der Waals surface area contributed by atoms with Crippen LogP contribution in [0.5, 0.6) is 28.7 Å². The Morgan fingerprint density at radius 1 is 0.700 bits per heavy atom. The van der Waals surface area contributed by atoms with Crippen LogP contribution < -0.4 is 23.8 Å². The van der Waals surface area contributed by atoms with Crippen molar-refractivity contribution >= 4 is 15.8 Å². The first-order valence-corrected chi connectivity index (χ1v) is 14.1. The van der Waals surface area contributed by atoms with Crippen molar-refractivity contribution in [2.75, 3.05) is 52.4 Å².